The Balaban J connectivity index is 2.12. The van der Waals surface area contributed by atoms with Crippen molar-refractivity contribution in [2.75, 3.05) is 20.2 Å². The number of methoxy groups -OCH3 is 1. The van der Waals surface area contributed by atoms with Crippen LogP contribution >= 0.6 is 0 Å². The molecule has 0 aromatic rings. The molecule has 1 heterocycles. The van der Waals surface area contributed by atoms with Gasteiger partial charge in [0, 0.05) is 26.6 Å². The van der Waals surface area contributed by atoms with E-state index in [1.165, 1.54) is 5.57 Å². The maximum absolute atomic E-state index is 11.6. The molecule has 4 nitrogen and oxygen atoms in total. The summed E-state index contributed by atoms with van der Waals surface area (Å²) in [5, 5.41) is 9.84. The summed E-state index contributed by atoms with van der Waals surface area (Å²) in [5.41, 5.74) is 2.28. The molecular formula is C13H19NO3. The van der Waals surface area contributed by atoms with Crippen LogP contribution in [0.25, 0.3) is 0 Å². The molecule has 1 aliphatic heterocycles. The van der Waals surface area contributed by atoms with Gasteiger partial charge in [0.15, 0.2) is 0 Å². The Morgan fingerprint density at radius 1 is 1.53 bits per heavy atom. The van der Waals surface area contributed by atoms with E-state index in [4.69, 9.17) is 4.74 Å². The molecule has 1 saturated heterocycles. The molecule has 94 valence electrons. The van der Waals surface area contributed by atoms with Crippen molar-refractivity contribution in [3.8, 4) is 0 Å². The van der Waals surface area contributed by atoms with Crippen LogP contribution in [0, 0.1) is 0 Å². The van der Waals surface area contributed by atoms with Crippen LogP contribution in [0.3, 0.4) is 0 Å². The van der Waals surface area contributed by atoms with Gasteiger partial charge in [-0.15, -0.1) is 0 Å². The summed E-state index contributed by atoms with van der Waals surface area (Å²) in [5.74, 6) is 0.174. The number of carbonyl (C=O) groups is 1. The largest absolute Gasteiger partial charge is 0.386 e. The minimum absolute atomic E-state index is 0.174. The van der Waals surface area contributed by atoms with Crippen LogP contribution in [0.1, 0.15) is 19.8 Å². The highest BCUT2D eigenvalue weighted by Gasteiger charge is 2.28. The lowest BCUT2D eigenvalue weighted by molar-refractivity contribution is -0.130. The number of aliphatic hydroxyl groups excluding tert-OH is 1. The Bertz CT molecular complexity index is 373. The van der Waals surface area contributed by atoms with Gasteiger partial charge in [0.05, 0.1) is 0 Å². The third-order valence-electron chi connectivity index (χ3n) is 3.43. The Labute approximate surface area is 102 Å². The standard InChI is InChI=1S/C13H19NO3/c1-3-13(16)14-5-4-9-7-12(17-2)11(15)6-10(9)8-14/h6-7,11-12,15H,3-5,8H2,1-2H3. The molecule has 0 spiro atoms. The molecule has 1 N–H and O–H groups in total. The lowest BCUT2D eigenvalue weighted by Crippen LogP contribution is -2.40. The Hall–Kier alpha value is -1.13. The van der Waals surface area contributed by atoms with E-state index in [1.54, 1.807) is 7.11 Å². The number of aliphatic hydroxyl groups is 1. The summed E-state index contributed by atoms with van der Waals surface area (Å²) in [6.45, 7) is 3.26. The molecule has 1 fully saturated rings. The average Bonchev–Trinajstić information content (AvgIpc) is 2.36. The summed E-state index contributed by atoms with van der Waals surface area (Å²) in [6, 6.07) is 0. The number of fused-ring (bicyclic) bond motifs is 1. The predicted molar refractivity (Wildman–Crippen MR) is 64.5 cm³/mol. The first-order valence-electron chi connectivity index (χ1n) is 6.06. The maximum Gasteiger partial charge on any atom is 0.222 e. The zero-order valence-corrected chi connectivity index (χ0v) is 10.3. The van der Waals surface area contributed by atoms with Crippen LogP contribution in [0.2, 0.25) is 0 Å². The lowest BCUT2D eigenvalue weighted by Gasteiger charge is -2.34. The minimum atomic E-state index is -0.601. The van der Waals surface area contributed by atoms with Gasteiger partial charge in [0.25, 0.3) is 0 Å². The minimum Gasteiger partial charge on any atom is -0.386 e. The molecule has 17 heavy (non-hydrogen) atoms. The molecule has 0 saturated carbocycles. The fourth-order valence-corrected chi connectivity index (χ4v) is 2.39. The summed E-state index contributed by atoms with van der Waals surface area (Å²) in [6.07, 6.45) is 4.34. The Morgan fingerprint density at radius 2 is 2.29 bits per heavy atom. The second-order valence-corrected chi connectivity index (χ2v) is 4.49. The number of likely N-dealkylation sites (tertiary alicyclic amines) is 1. The van der Waals surface area contributed by atoms with Crippen LogP contribution in [0.4, 0.5) is 0 Å². The molecular weight excluding hydrogens is 218 g/mol. The van der Waals surface area contributed by atoms with E-state index in [9.17, 15) is 9.90 Å². The van der Waals surface area contributed by atoms with Gasteiger partial charge in [0.1, 0.15) is 12.2 Å². The molecule has 1 aliphatic carbocycles. The number of piperidine rings is 1. The van der Waals surface area contributed by atoms with Crippen molar-refractivity contribution in [3.63, 3.8) is 0 Å². The van der Waals surface area contributed by atoms with Crippen molar-refractivity contribution in [1.82, 2.24) is 4.90 Å². The van der Waals surface area contributed by atoms with Gasteiger partial charge in [-0.3, -0.25) is 4.79 Å². The van der Waals surface area contributed by atoms with Crippen LogP contribution in [0.5, 0.6) is 0 Å². The van der Waals surface area contributed by atoms with Gasteiger partial charge in [-0.25, -0.2) is 0 Å². The summed E-state index contributed by atoms with van der Waals surface area (Å²) in [7, 11) is 1.60. The van der Waals surface area contributed by atoms with Gasteiger partial charge >= 0.3 is 0 Å². The highest BCUT2D eigenvalue weighted by molar-refractivity contribution is 5.76. The molecule has 2 atom stereocenters. The first kappa shape index (κ1) is 12.3. The van der Waals surface area contributed by atoms with Crippen molar-refractivity contribution in [2.24, 2.45) is 0 Å². The van der Waals surface area contributed by atoms with E-state index in [2.05, 4.69) is 0 Å². The third kappa shape index (κ3) is 2.42. The van der Waals surface area contributed by atoms with Crippen molar-refractivity contribution >= 4 is 5.91 Å². The van der Waals surface area contributed by atoms with E-state index in [0.29, 0.717) is 13.0 Å². The number of rotatable bonds is 2. The first-order valence-corrected chi connectivity index (χ1v) is 6.06. The number of carbonyl (C=O) groups excluding carboxylic acids is 1. The molecule has 0 radical (unpaired) electrons. The number of hydrogen-bond acceptors (Lipinski definition) is 3. The Kier molecular flexibility index (Phi) is 3.64. The number of nitrogens with zero attached hydrogens (tertiary/aromatic N) is 1. The van der Waals surface area contributed by atoms with Gasteiger partial charge in [-0.2, -0.15) is 0 Å². The van der Waals surface area contributed by atoms with E-state index in [0.717, 1.165) is 18.5 Å². The number of hydrogen-bond donors (Lipinski definition) is 1. The quantitative estimate of drug-likeness (QED) is 0.775. The van der Waals surface area contributed by atoms with Gasteiger partial charge in [-0.1, -0.05) is 6.92 Å². The van der Waals surface area contributed by atoms with E-state index < -0.39 is 6.10 Å². The molecule has 2 aliphatic rings. The van der Waals surface area contributed by atoms with E-state index in [-0.39, 0.29) is 12.0 Å². The van der Waals surface area contributed by atoms with Crippen molar-refractivity contribution < 1.29 is 14.6 Å². The highest BCUT2D eigenvalue weighted by atomic mass is 16.5. The highest BCUT2D eigenvalue weighted by Crippen LogP contribution is 2.28. The monoisotopic (exact) mass is 237 g/mol. The molecule has 0 aromatic heterocycles. The van der Waals surface area contributed by atoms with Crippen molar-refractivity contribution in [1.29, 1.82) is 0 Å². The molecule has 1 amide bonds. The number of ether oxygens (including phenoxy) is 1. The summed E-state index contributed by atoms with van der Waals surface area (Å²) in [4.78, 5) is 13.5. The Morgan fingerprint density at radius 3 is 2.94 bits per heavy atom. The van der Waals surface area contributed by atoms with Crippen LogP contribution in [-0.4, -0.2) is 48.3 Å². The fourth-order valence-electron chi connectivity index (χ4n) is 2.39. The van der Waals surface area contributed by atoms with Crippen LogP contribution < -0.4 is 0 Å². The lowest BCUT2D eigenvalue weighted by atomic mass is 9.89. The molecule has 4 heteroatoms. The normalized spacial score (nSPS) is 28.3. The van der Waals surface area contributed by atoms with E-state index >= 15 is 0 Å². The summed E-state index contributed by atoms with van der Waals surface area (Å²) < 4.78 is 5.20. The smallest absolute Gasteiger partial charge is 0.222 e. The second-order valence-electron chi connectivity index (χ2n) is 4.49. The second kappa shape index (κ2) is 5.02. The zero-order chi connectivity index (χ0) is 12.4. The fraction of sp³-hybridized carbons (Fsp3) is 0.615. The van der Waals surface area contributed by atoms with Gasteiger partial charge in [0.2, 0.25) is 5.91 Å². The van der Waals surface area contributed by atoms with Crippen LogP contribution in [0.15, 0.2) is 23.3 Å². The SMILES string of the molecule is CCC(=O)N1CCC2=CC(OC)C(O)C=C2C1. The zero-order valence-electron chi connectivity index (χ0n) is 10.3. The van der Waals surface area contributed by atoms with Gasteiger partial charge < -0.3 is 14.7 Å². The molecule has 2 unspecified atom stereocenters. The first-order chi connectivity index (χ1) is 8.15. The van der Waals surface area contributed by atoms with E-state index in [1.807, 2.05) is 24.0 Å². The van der Waals surface area contributed by atoms with Gasteiger partial charge in [-0.05, 0) is 29.7 Å². The van der Waals surface area contributed by atoms with Crippen molar-refractivity contribution in [3.05, 3.63) is 23.3 Å². The molecule has 0 aromatic carbocycles. The van der Waals surface area contributed by atoms with Crippen LogP contribution in [-0.2, 0) is 9.53 Å². The van der Waals surface area contributed by atoms with Crippen molar-refractivity contribution in [2.45, 2.75) is 32.0 Å². The molecule has 0 bridgehead atoms. The number of amides is 1. The third-order valence-corrected chi connectivity index (χ3v) is 3.43. The maximum atomic E-state index is 11.6. The molecule has 2 rings (SSSR count). The average molecular weight is 237 g/mol. The topological polar surface area (TPSA) is 49.8 Å². The summed E-state index contributed by atoms with van der Waals surface area (Å²) >= 11 is 0. The predicted octanol–water partition coefficient (Wildman–Crippen LogP) is 0.871.